The summed E-state index contributed by atoms with van der Waals surface area (Å²) >= 11 is 6.49. The number of nitrogens with one attached hydrogen (secondary N) is 2. The first kappa shape index (κ1) is 23.3. The zero-order chi connectivity index (χ0) is 23.6. The van der Waals surface area contributed by atoms with Gasteiger partial charge < -0.3 is 14.8 Å². The third-order valence-corrected chi connectivity index (χ3v) is 4.90. The molecule has 0 unspecified atom stereocenters. The van der Waals surface area contributed by atoms with E-state index in [1.807, 2.05) is 20.8 Å². The molecule has 0 aliphatic rings. The number of aromatic amines is 1. The maximum absolute atomic E-state index is 12.3. The Kier molecular flexibility index (Phi) is 6.54. The number of aromatic nitrogens is 4. The van der Waals surface area contributed by atoms with Crippen LogP contribution in [0.15, 0.2) is 18.2 Å². The van der Waals surface area contributed by atoms with Gasteiger partial charge in [0.1, 0.15) is 5.02 Å². The molecule has 0 radical (unpaired) electrons. The van der Waals surface area contributed by atoms with Crippen molar-refractivity contribution in [1.29, 1.82) is 0 Å². The Morgan fingerprint density at radius 1 is 1.22 bits per heavy atom. The molecular formula is C21H24ClN5O5. The fraction of sp³-hybridized carbons (Fsp3) is 0.381. The van der Waals surface area contributed by atoms with E-state index in [9.17, 15) is 14.4 Å². The number of hydrogen-bond acceptors (Lipinski definition) is 7. The molecule has 10 nitrogen and oxygen atoms in total. The highest BCUT2D eigenvalue weighted by atomic mass is 35.5. The van der Waals surface area contributed by atoms with Crippen molar-refractivity contribution in [2.24, 2.45) is 0 Å². The summed E-state index contributed by atoms with van der Waals surface area (Å²) in [7, 11) is 1.25. The van der Waals surface area contributed by atoms with Crippen molar-refractivity contribution in [2.45, 2.75) is 46.0 Å². The van der Waals surface area contributed by atoms with E-state index >= 15 is 0 Å². The number of rotatable bonds is 6. The minimum atomic E-state index is -0.544. The van der Waals surface area contributed by atoms with Gasteiger partial charge in [-0.05, 0) is 18.2 Å². The number of nitrogens with zero attached hydrogens (tertiary/aromatic N) is 3. The quantitative estimate of drug-likeness (QED) is 0.424. The fourth-order valence-electron chi connectivity index (χ4n) is 2.96. The number of fused-ring (bicyclic) bond motifs is 1. The van der Waals surface area contributed by atoms with Gasteiger partial charge in [-0.1, -0.05) is 32.4 Å². The second-order valence-electron chi connectivity index (χ2n) is 8.15. The Balaban J connectivity index is 1.93. The van der Waals surface area contributed by atoms with Crippen molar-refractivity contribution in [3.05, 3.63) is 28.9 Å². The standard InChI is InChI=1S/C21H24ClN5O5/c1-11(28)32-14-7-6-12(10-13(14)23-15(29)8-9-16(30)31-5)19-24-20-17(22)18(21(2,3)4)25-27(20)26-19/h6-7,10,25H,8-9H2,1-5H3,(H,23,29). The first-order valence-electron chi connectivity index (χ1n) is 9.84. The van der Waals surface area contributed by atoms with Gasteiger partial charge in [-0.25, -0.2) is 4.98 Å². The Hall–Kier alpha value is -3.40. The second-order valence-corrected chi connectivity index (χ2v) is 8.53. The van der Waals surface area contributed by atoms with Gasteiger partial charge in [-0.3, -0.25) is 19.5 Å². The third-order valence-electron chi connectivity index (χ3n) is 4.54. The minimum Gasteiger partial charge on any atom is -0.469 e. The fourth-order valence-corrected chi connectivity index (χ4v) is 3.41. The van der Waals surface area contributed by atoms with Gasteiger partial charge in [0.15, 0.2) is 17.2 Å². The molecule has 11 heteroatoms. The van der Waals surface area contributed by atoms with E-state index in [0.717, 1.165) is 5.69 Å². The normalized spacial score (nSPS) is 11.4. The van der Waals surface area contributed by atoms with Crippen LogP contribution in [0.1, 0.15) is 46.2 Å². The summed E-state index contributed by atoms with van der Waals surface area (Å²) in [6, 6.07) is 4.78. The Labute approximate surface area is 189 Å². The molecule has 2 aromatic heterocycles. The first-order valence-corrected chi connectivity index (χ1v) is 10.2. The number of methoxy groups -OCH3 is 1. The van der Waals surface area contributed by atoms with Crippen molar-refractivity contribution < 1.29 is 23.9 Å². The molecule has 2 N–H and O–H groups in total. The predicted molar refractivity (Wildman–Crippen MR) is 118 cm³/mol. The zero-order valence-electron chi connectivity index (χ0n) is 18.4. The number of carbonyl (C=O) groups is 3. The Morgan fingerprint density at radius 3 is 2.53 bits per heavy atom. The van der Waals surface area contributed by atoms with Gasteiger partial charge in [0.25, 0.3) is 0 Å². The SMILES string of the molecule is COC(=O)CCC(=O)Nc1cc(-c2nc3c(Cl)c(C(C)(C)C)[nH]n3n2)ccc1OC(C)=O. The number of H-pyrrole nitrogens is 1. The highest BCUT2D eigenvalue weighted by Crippen LogP contribution is 2.34. The summed E-state index contributed by atoms with van der Waals surface area (Å²) in [6.07, 6.45) is -0.166. The van der Waals surface area contributed by atoms with Crippen molar-refractivity contribution in [3.63, 3.8) is 0 Å². The molecule has 0 spiro atoms. The summed E-state index contributed by atoms with van der Waals surface area (Å²) < 4.78 is 11.2. The van der Waals surface area contributed by atoms with Crippen LogP contribution < -0.4 is 10.1 Å². The van der Waals surface area contributed by atoms with Crippen molar-refractivity contribution in [2.75, 3.05) is 12.4 Å². The van der Waals surface area contributed by atoms with Gasteiger partial charge >= 0.3 is 11.9 Å². The average Bonchev–Trinajstić information content (AvgIpc) is 3.26. The van der Waals surface area contributed by atoms with E-state index in [0.29, 0.717) is 22.1 Å². The van der Waals surface area contributed by atoms with Gasteiger partial charge in [-0.15, -0.1) is 5.10 Å². The van der Waals surface area contributed by atoms with Crippen LogP contribution in [0.5, 0.6) is 5.75 Å². The Bertz CT molecular complexity index is 1190. The average molecular weight is 462 g/mol. The van der Waals surface area contributed by atoms with Crippen LogP contribution >= 0.6 is 11.6 Å². The molecule has 170 valence electrons. The molecule has 3 aromatic rings. The van der Waals surface area contributed by atoms with Gasteiger partial charge in [0.2, 0.25) is 5.91 Å². The highest BCUT2D eigenvalue weighted by molar-refractivity contribution is 6.34. The van der Waals surface area contributed by atoms with E-state index in [-0.39, 0.29) is 29.7 Å². The number of esters is 2. The molecule has 0 atom stereocenters. The molecule has 32 heavy (non-hydrogen) atoms. The molecule has 0 aliphatic carbocycles. The van der Waals surface area contributed by atoms with Crippen LogP contribution in [0, 0.1) is 0 Å². The molecule has 0 aliphatic heterocycles. The van der Waals surface area contributed by atoms with E-state index in [4.69, 9.17) is 16.3 Å². The van der Waals surface area contributed by atoms with E-state index in [2.05, 4.69) is 25.2 Å². The third kappa shape index (κ3) is 5.08. The van der Waals surface area contributed by atoms with Crippen LogP contribution in [0.3, 0.4) is 0 Å². The number of carbonyl (C=O) groups excluding carboxylic acids is 3. The second kappa shape index (κ2) is 8.99. The molecule has 3 rings (SSSR count). The largest absolute Gasteiger partial charge is 0.469 e. The van der Waals surface area contributed by atoms with Gasteiger partial charge in [0.05, 0.1) is 24.9 Å². The lowest BCUT2D eigenvalue weighted by Crippen LogP contribution is -2.15. The zero-order valence-corrected chi connectivity index (χ0v) is 19.2. The lowest BCUT2D eigenvalue weighted by atomic mass is 9.92. The monoisotopic (exact) mass is 461 g/mol. The number of hydrogen-bond donors (Lipinski definition) is 2. The van der Waals surface area contributed by atoms with E-state index in [1.54, 1.807) is 12.1 Å². The van der Waals surface area contributed by atoms with Crippen molar-refractivity contribution >= 4 is 40.8 Å². The molecule has 1 amide bonds. The molecular weight excluding hydrogens is 438 g/mol. The number of benzene rings is 1. The van der Waals surface area contributed by atoms with Crippen LogP contribution in [0.4, 0.5) is 5.69 Å². The van der Waals surface area contributed by atoms with Crippen LogP contribution in [-0.2, 0) is 24.5 Å². The van der Waals surface area contributed by atoms with Gasteiger partial charge in [0, 0.05) is 24.3 Å². The van der Waals surface area contributed by atoms with Gasteiger partial charge in [-0.2, -0.15) is 4.63 Å². The number of ether oxygens (including phenoxy) is 2. The van der Waals surface area contributed by atoms with Crippen LogP contribution in [0.2, 0.25) is 5.02 Å². The summed E-state index contributed by atoms with van der Waals surface area (Å²) in [5, 5.41) is 10.7. The maximum atomic E-state index is 12.3. The predicted octanol–water partition coefficient (Wildman–Crippen LogP) is 3.49. The summed E-state index contributed by atoms with van der Waals surface area (Å²) in [5.74, 6) is -0.970. The Morgan fingerprint density at radius 2 is 1.94 bits per heavy atom. The summed E-state index contributed by atoms with van der Waals surface area (Å²) in [5.41, 5.74) is 1.87. The molecule has 0 saturated heterocycles. The topological polar surface area (TPSA) is 128 Å². The smallest absolute Gasteiger partial charge is 0.308 e. The maximum Gasteiger partial charge on any atom is 0.308 e. The van der Waals surface area contributed by atoms with E-state index < -0.39 is 17.8 Å². The van der Waals surface area contributed by atoms with Crippen LogP contribution in [0.25, 0.3) is 17.0 Å². The molecule has 0 fully saturated rings. The first-order chi connectivity index (χ1) is 15.0. The lowest BCUT2D eigenvalue weighted by Gasteiger charge is -2.16. The number of halogens is 1. The summed E-state index contributed by atoms with van der Waals surface area (Å²) in [6.45, 7) is 7.32. The number of anilines is 1. The summed E-state index contributed by atoms with van der Waals surface area (Å²) in [4.78, 5) is 39.5. The van der Waals surface area contributed by atoms with Crippen molar-refractivity contribution in [1.82, 2.24) is 19.8 Å². The lowest BCUT2D eigenvalue weighted by molar-refractivity contribution is -0.141. The molecule has 2 heterocycles. The highest BCUT2D eigenvalue weighted by Gasteiger charge is 2.24. The van der Waals surface area contributed by atoms with Crippen molar-refractivity contribution in [3.8, 4) is 17.1 Å². The van der Waals surface area contributed by atoms with Crippen LogP contribution in [-0.4, -0.2) is 44.8 Å². The molecule has 0 saturated carbocycles. The minimum absolute atomic E-state index is 0.0765. The molecule has 0 bridgehead atoms. The van der Waals surface area contributed by atoms with E-state index in [1.165, 1.54) is 24.7 Å². The number of amides is 1. The molecule has 1 aromatic carbocycles.